The molecule has 1 fully saturated rings. The normalized spacial score (nSPS) is 14.6. The van der Waals surface area contributed by atoms with Crippen LogP contribution < -0.4 is 14.8 Å². The average molecular weight is 482 g/mol. The largest absolute Gasteiger partial charge is 0.490 e. The van der Waals surface area contributed by atoms with Crippen LogP contribution in [-0.4, -0.2) is 65.3 Å². The maximum Gasteiger partial charge on any atom is 0.163 e. The van der Waals surface area contributed by atoms with E-state index < -0.39 is 0 Å². The van der Waals surface area contributed by atoms with E-state index in [1.54, 1.807) is 12.5 Å². The fourth-order valence-corrected chi connectivity index (χ4v) is 4.42. The summed E-state index contributed by atoms with van der Waals surface area (Å²) in [4.78, 5) is 11.6. The summed E-state index contributed by atoms with van der Waals surface area (Å²) in [7, 11) is 0. The monoisotopic (exact) mass is 481 g/mol. The van der Waals surface area contributed by atoms with Crippen LogP contribution >= 0.6 is 11.6 Å². The number of morpholine rings is 1. The lowest BCUT2D eigenvalue weighted by Gasteiger charge is -2.26. The van der Waals surface area contributed by atoms with Gasteiger partial charge in [0.05, 0.1) is 54.1 Å². The molecule has 0 amide bonds. The molecule has 4 aromatic rings. The summed E-state index contributed by atoms with van der Waals surface area (Å²) in [5, 5.41) is 4.04. The number of nitrogens with zero attached hydrogens (tertiary/aromatic N) is 4. The van der Waals surface area contributed by atoms with Gasteiger partial charge >= 0.3 is 0 Å². The number of rotatable bonds is 8. The molecule has 0 atom stereocenters. The minimum absolute atomic E-state index is 0.530. The number of aryl methyl sites for hydroxylation is 1. The molecule has 178 valence electrons. The average Bonchev–Trinajstić information content (AvgIpc) is 3.33. The molecule has 0 radical (unpaired) electrons. The molecule has 8 nitrogen and oxygen atoms in total. The molecular weight excluding hydrogens is 454 g/mol. The van der Waals surface area contributed by atoms with E-state index in [1.807, 2.05) is 48.6 Å². The maximum absolute atomic E-state index is 6.45. The first-order valence-corrected chi connectivity index (χ1v) is 11.9. The smallest absolute Gasteiger partial charge is 0.163 e. The Labute approximate surface area is 203 Å². The van der Waals surface area contributed by atoms with E-state index in [9.17, 15) is 0 Å². The summed E-state index contributed by atoms with van der Waals surface area (Å²) in [6.07, 6.45) is 3.57. The van der Waals surface area contributed by atoms with Gasteiger partial charge in [-0.2, -0.15) is 0 Å². The minimum atomic E-state index is 0.530. The topological polar surface area (TPSA) is 73.2 Å². The lowest BCUT2D eigenvalue weighted by Crippen LogP contribution is -2.38. The van der Waals surface area contributed by atoms with Gasteiger partial charge in [-0.1, -0.05) is 23.7 Å². The van der Waals surface area contributed by atoms with Crippen molar-refractivity contribution in [3.8, 4) is 11.5 Å². The van der Waals surface area contributed by atoms with Crippen LogP contribution in [0.3, 0.4) is 0 Å². The van der Waals surface area contributed by atoms with Crippen molar-refractivity contribution in [1.82, 2.24) is 19.3 Å². The zero-order valence-corrected chi connectivity index (χ0v) is 20.1. The van der Waals surface area contributed by atoms with Gasteiger partial charge in [-0.25, -0.2) is 9.97 Å². The molecule has 1 aliphatic rings. The molecule has 0 spiro atoms. The van der Waals surface area contributed by atoms with Crippen molar-refractivity contribution in [2.24, 2.45) is 0 Å². The highest BCUT2D eigenvalue weighted by molar-refractivity contribution is 6.33. The number of hydrogen-bond acceptors (Lipinski definition) is 7. The molecule has 5 rings (SSSR count). The Morgan fingerprint density at radius 3 is 2.74 bits per heavy atom. The molecule has 0 aliphatic carbocycles. The molecule has 1 N–H and O–H groups in total. The highest BCUT2D eigenvalue weighted by Gasteiger charge is 2.16. The fourth-order valence-electron chi connectivity index (χ4n) is 4.15. The maximum atomic E-state index is 6.45. The van der Waals surface area contributed by atoms with Crippen molar-refractivity contribution in [2.45, 2.75) is 13.8 Å². The number of para-hydroxylation sites is 1. The van der Waals surface area contributed by atoms with E-state index in [2.05, 4.69) is 15.2 Å². The fraction of sp³-hybridized carbons (Fsp3) is 0.360. The first-order valence-electron chi connectivity index (χ1n) is 11.5. The van der Waals surface area contributed by atoms with Gasteiger partial charge in [0.1, 0.15) is 12.1 Å². The molecule has 2 aromatic carbocycles. The lowest BCUT2D eigenvalue weighted by atomic mass is 10.2. The van der Waals surface area contributed by atoms with Crippen molar-refractivity contribution >= 4 is 39.7 Å². The number of imidazole rings is 1. The minimum Gasteiger partial charge on any atom is -0.490 e. The van der Waals surface area contributed by atoms with E-state index in [1.165, 1.54) is 0 Å². The Hall–Kier alpha value is -3.07. The number of fused-ring (bicyclic) bond motifs is 3. The summed E-state index contributed by atoms with van der Waals surface area (Å²) in [6.45, 7) is 9.31. The molecule has 0 bridgehead atoms. The summed E-state index contributed by atoms with van der Waals surface area (Å²) >= 11 is 6.45. The second-order valence-electron chi connectivity index (χ2n) is 8.19. The Morgan fingerprint density at radius 2 is 1.94 bits per heavy atom. The highest BCUT2D eigenvalue weighted by Crippen LogP contribution is 2.35. The van der Waals surface area contributed by atoms with Gasteiger partial charge in [-0.3, -0.25) is 9.30 Å². The molecule has 34 heavy (non-hydrogen) atoms. The number of aromatic nitrogens is 3. The van der Waals surface area contributed by atoms with Crippen molar-refractivity contribution in [2.75, 3.05) is 51.4 Å². The zero-order chi connectivity index (χ0) is 23.5. The standard InChI is InChI=1S/C25H28ClN5O3/c1-3-33-22-13-19-20(14-23(22)34-12-9-30-7-10-32-11-8-30)31-16-27-15-21(31)25(28-19)29-24-17(2)5-4-6-18(24)26/h4-6,13-16H,3,7-12H2,1-2H3,(H,28,29). The summed E-state index contributed by atoms with van der Waals surface area (Å²) in [6, 6.07) is 9.70. The van der Waals surface area contributed by atoms with Crippen molar-refractivity contribution < 1.29 is 14.2 Å². The van der Waals surface area contributed by atoms with E-state index in [-0.39, 0.29) is 0 Å². The van der Waals surface area contributed by atoms with E-state index in [4.69, 9.17) is 30.8 Å². The van der Waals surface area contributed by atoms with Crippen molar-refractivity contribution in [1.29, 1.82) is 0 Å². The second-order valence-corrected chi connectivity index (χ2v) is 8.60. The summed E-state index contributed by atoms with van der Waals surface area (Å²) in [5.41, 5.74) is 4.36. The van der Waals surface area contributed by atoms with Crippen molar-refractivity contribution in [3.05, 3.63) is 53.4 Å². The van der Waals surface area contributed by atoms with Crippen LogP contribution in [0.2, 0.25) is 5.02 Å². The van der Waals surface area contributed by atoms with Crippen LogP contribution in [0.15, 0.2) is 42.9 Å². The SMILES string of the molecule is CCOc1cc2nc(Nc3c(C)cccc3Cl)c3cncn3c2cc1OCCN1CCOCC1. The van der Waals surface area contributed by atoms with Gasteiger partial charge in [-0.15, -0.1) is 0 Å². The Bertz CT molecular complexity index is 1280. The van der Waals surface area contributed by atoms with Crippen LogP contribution in [0.25, 0.3) is 16.6 Å². The Balaban J connectivity index is 1.49. The molecule has 9 heteroatoms. The lowest BCUT2D eigenvalue weighted by molar-refractivity contribution is 0.0321. The summed E-state index contributed by atoms with van der Waals surface area (Å²) < 4.78 is 19.5. The van der Waals surface area contributed by atoms with Gasteiger partial charge in [0.25, 0.3) is 0 Å². The number of anilines is 2. The first kappa shape index (κ1) is 22.7. The molecule has 3 heterocycles. The van der Waals surface area contributed by atoms with Gasteiger partial charge in [0.2, 0.25) is 0 Å². The third-order valence-corrected chi connectivity index (χ3v) is 6.26. The predicted molar refractivity (Wildman–Crippen MR) is 134 cm³/mol. The zero-order valence-electron chi connectivity index (χ0n) is 19.4. The van der Waals surface area contributed by atoms with Crippen LogP contribution in [0.4, 0.5) is 11.5 Å². The number of nitrogens with one attached hydrogen (secondary N) is 1. The van der Waals surface area contributed by atoms with E-state index >= 15 is 0 Å². The molecule has 1 aliphatic heterocycles. The number of benzene rings is 2. The number of ether oxygens (including phenoxy) is 3. The second kappa shape index (κ2) is 10.0. The van der Waals surface area contributed by atoms with Gasteiger partial charge < -0.3 is 19.5 Å². The number of hydrogen-bond donors (Lipinski definition) is 1. The highest BCUT2D eigenvalue weighted by atomic mass is 35.5. The van der Waals surface area contributed by atoms with Crippen LogP contribution in [0.1, 0.15) is 12.5 Å². The van der Waals surface area contributed by atoms with Crippen LogP contribution in [-0.2, 0) is 4.74 Å². The van der Waals surface area contributed by atoms with E-state index in [0.29, 0.717) is 35.6 Å². The first-order chi connectivity index (χ1) is 16.6. The molecule has 0 saturated carbocycles. The molecule has 2 aromatic heterocycles. The third-order valence-electron chi connectivity index (χ3n) is 5.95. The van der Waals surface area contributed by atoms with Gasteiger partial charge in [-0.05, 0) is 25.5 Å². The molecular formula is C25H28ClN5O3. The molecule has 0 unspecified atom stereocenters. The molecule has 1 saturated heterocycles. The van der Waals surface area contributed by atoms with Crippen molar-refractivity contribution in [3.63, 3.8) is 0 Å². The van der Waals surface area contributed by atoms with Crippen LogP contribution in [0.5, 0.6) is 11.5 Å². The van der Waals surface area contributed by atoms with Gasteiger partial charge in [0, 0.05) is 31.8 Å². The Morgan fingerprint density at radius 1 is 1.12 bits per heavy atom. The van der Waals surface area contributed by atoms with E-state index in [0.717, 1.165) is 60.6 Å². The van der Waals surface area contributed by atoms with Gasteiger partial charge in [0.15, 0.2) is 17.3 Å². The number of halogens is 1. The Kier molecular flexibility index (Phi) is 6.71. The van der Waals surface area contributed by atoms with Crippen LogP contribution in [0, 0.1) is 6.92 Å². The quantitative estimate of drug-likeness (QED) is 0.391. The third kappa shape index (κ3) is 4.61. The predicted octanol–water partition coefficient (Wildman–Crippen LogP) is 4.70. The summed E-state index contributed by atoms with van der Waals surface area (Å²) in [5.74, 6) is 2.04.